The molecule has 0 aliphatic heterocycles. The first kappa shape index (κ1) is 16.3. The summed E-state index contributed by atoms with van der Waals surface area (Å²) in [6.45, 7) is 0. The zero-order chi connectivity index (χ0) is 17.9. The molecule has 1 saturated carbocycles. The number of hydrogen-bond acceptors (Lipinski definition) is 3. The number of benzene rings is 2. The molecule has 1 aliphatic carbocycles. The number of carbonyl (C=O) groups is 1. The standard InChI is InChI=1S/C21H17FN2O2/c22-19-9-5-4-8-16(19)20-11-10-15(26-20)13-23-24-21(25)18-12-17(18)14-6-2-1-3-7-14/h1-11,13,17-18H,12H2,(H,24,25). The highest BCUT2D eigenvalue weighted by Gasteiger charge is 2.43. The van der Waals surface area contributed by atoms with Crippen molar-refractivity contribution in [1.29, 1.82) is 0 Å². The van der Waals surface area contributed by atoms with Crippen LogP contribution in [0.2, 0.25) is 0 Å². The molecule has 0 saturated heterocycles. The maximum absolute atomic E-state index is 13.8. The van der Waals surface area contributed by atoms with E-state index in [1.165, 1.54) is 17.8 Å². The van der Waals surface area contributed by atoms with E-state index < -0.39 is 0 Å². The highest BCUT2D eigenvalue weighted by Crippen LogP contribution is 2.47. The molecule has 2 aromatic carbocycles. The molecule has 1 fully saturated rings. The Balaban J connectivity index is 1.35. The van der Waals surface area contributed by atoms with Gasteiger partial charge in [-0.15, -0.1) is 0 Å². The van der Waals surface area contributed by atoms with E-state index in [9.17, 15) is 9.18 Å². The second kappa shape index (κ2) is 6.96. The van der Waals surface area contributed by atoms with Crippen LogP contribution in [-0.2, 0) is 4.79 Å². The van der Waals surface area contributed by atoms with Crippen molar-refractivity contribution in [3.05, 3.63) is 83.9 Å². The van der Waals surface area contributed by atoms with E-state index >= 15 is 0 Å². The summed E-state index contributed by atoms with van der Waals surface area (Å²) in [5.41, 5.74) is 4.12. The minimum absolute atomic E-state index is 0.0415. The van der Waals surface area contributed by atoms with Crippen LogP contribution in [0.4, 0.5) is 4.39 Å². The topological polar surface area (TPSA) is 54.6 Å². The number of furan rings is 1. The smallest absolute Gasteiger partial charge is 0.243 e. The fourth-order valence-corrected chi connectivity index (χ4v) is 3.02. The number of carbonyl (C=O) groups excluding carboxylic acids is 1. The fourth-order valence-electron chi connectivity index (χ4n) is 3.02. The molecular weight excluding hydrogens is 331 g/mol. The molecule has 5 heteroatoms. The van der Waals surface area contributed by atoms with Crippen LogP contribution in [0.3, 0.4) is 0 Å². The summed E-state index contributed by atoms with van der Waals surface area (Å²) in [5.74, 6) is 0.638. The molecule has 1 N–H and O–H groups in total. The Hall–Kier alpha value is -3.21. The van der Waals surface area contributed by atoms with Crippen LogP contribution in [0.15, 0.2) is 76.2 Å². The van der Waals surface area contributed by atoms with Crippen molar-refractivity contribution in [2.75, 3.05) is 0 Å². The Bertz CT molecular complexity index is 949. The monoisotopic (exact) mass is 348 g/mol. The number of rotatable bonds is 5. The lowest BCUT2D eigenvalue weighted by atomic mass is 10.1. The minimum Gasteiger partial charge on any atom is -0.455 e. The van der Waals surface area contributed by atoms with Crippen LogP contribution in [0.25, 0.3) is 11.3 Å². The van der Waals surface area contributed by atoms with E-state index in [-0.39, 0.29) is 23.6 Å². The summed E-state index contributed by atoms with van der Waals surface area (Å²) >= 11 is 0. The third-order valence-electron chi connectivity index (χ3n) is 4.49. The molecule has 26 heavy (non-hydrogen) atoms. The Morgan fingerprint density at radius 1 is 1.08 bits per heavy atom. The summed E-state index contributed by atoms with van der Waals surface area (Å²) in [6.07, 6.45) is 2.26. The van der Waals surface area contributed by atoms with Gasteiger partial charge in [-0.1, -0.05) is 42.5 Å². The van der Waals surface area contributed by atoms with Crippen molar-refractivity contribution in [1.82, 2.24) is 5.43 Å². The van der Waals surface area contributed by atoms with Gasteiger partial charge >= 0.3 is 0 Å². The van der Waals surface area contributed by atoms with Gasteiger partial charge in [-0.3, -0.25) is 4.79 Å². The van der Waals surface area contributed by atoms with Crippen molar-refractivity contribution < 1.29 is 13.6 Å². The number of hydrogen-bond donors (Lipinski definition) is 1. The quantitative estimate of drug-likeness (QED) is 0.551. The number of halogens is 1. The molecule has 2 atom stereocenters. The van der Waals surface area contributed by atoms with Crippen LogP contribution in [0.5, 0.6) is 0 Å². The van der Waals surface area contributed by atoms with Gasteiger partial charge in [-0.2, -0.15) is 5.10 Å². The second-order valence-corrected chi connectivity index (χ2v) is 6.28. The van der Waals surface area contributed by atoms with Crippen molar-refractivity contribution in [3.63, 3.8) is 0 Å². The Labute approximate surface area is 150 Å². The van der Waals surface area contributed by atoms with E-state index in [1.54, 1.807) is 30.3 Å². The van der Waals surface area contributed by atoms with Crippen molar-refractivity contribution in [3.8, 4) is 11.3 Å². The van der Waals surface area contributed by atoms with Gasteiger partial charge < -0.3 is 4.42 Å². The summed E-state index contributed by atoms with van der Waals surface area (Å²) in [5, 5.41) is 3.95. The first-order valence-electron chi connectivity index (χ1n) is 8.45. The van der Waals surface area contributed by atoms with Crippen molar-refractivity contribution >= 4 is 12.1 Å². The van der Waals surface area contributed by atoms with Gasteiger partial charge in [-0.05, 0) is 42.2 Å². The van der Waals surface area contributed by atoms with Crippen LogP contribution >= 0.6 is 0 Å². The second-order valence-electron chi connectivity index (χ2n) is 6.28. The Kier molecular flexibility index (Phi) is 4.35. The fraction of sp³-hybridized carbons (Fsp3) is 0.143. The largest absolute Gasteiger partial charge is 0.455 e. The lowest BCUT2D eigenvalue weighted by Crippen LogP contribution is -2.20. The number of amides is 1. The number of nitrogens with zero attached hydrogens (tertiary/aromatic N) is 1. The first-order chi connectivity index (χ1) is 12.7. The molecule has 1 aliphatic rings. The van der Waals surface area contributed by atoms with E-state index in [0.717, 1.165) is 6.42 Å². The first-order valence-corrected chi connectivity index (χ1v) is 8.45. The van der Waals surface area contributed by atoms with Gasteiger partial charge in [0.2, 0.25) is 5.91 Å². The number of hydrazone groups is 1. The average Bonchev–Trinajstić information content (AvgIpc) is 3.35. The third kappa shape index (κ3) is 3.42. The van der Waals surface area contributed by atoms with Crippen LogP contribution in [-0.4, -0.2) is 12.1 Å². The molecule has 1 heterocycles. The maximum Gasteiger partial charge on any atom is 0.243 e. The van der Waals surface area contributed by atoms with Crippen molar-refractivity contribution in [2.24, 2.45) is 11.0 Å². The van der Waals surface area contributed by atoms with E-state index in [1.807, 2.05) is 30.3 Å². The molecule has 1 amide bonds. The van der Waals surface area contributed by atoms with Gasteiger partial charge in [0.15, 0.2) is 0 Å². The molecule has 3 aromatic rings. The highest BCUT2D eigenvalue weighted by atomic mass is 19.1. The number of nitrogens with one attached hydrogen (secondary N) is 1. The van der Waals surface area contributed by atoms with E-state index in [0.29, 0.717) is 17.1 Å². The molecule has 4 nitrogen and oxygen atoms in total. The van der Waals surface area contributed by atoms with Crippen LogP contribution in [0, 0.1) is 11.7 Å². The Morgan fingerprint density at radius 2 is 1.85 bits per heavy atom. The minimum atomic E-state index is -0.348. The van der Waals surface area contributed by atoms with Crippen molar-refractivity contribution in [2.45, 2.75) is 12.3 Å². The van der Waals surface area contributed by atoms with Gasteiger partial charge in [-0.25, -0.2) is 9.82 Å². The maximum atomic E-state index is 13.8. The zero-order valence-electron chi connectivity index (χ0n) is 13.9. The summed E-state index contributed by atoms with van der Waals surface area (Å²) in [4.78, 5) is 12.1. The van der Waals surface area contributed by atoms with Gasteiger partial charge in [0.25, 0.3) is 0 Å². The van der Waals surface area contributed by atoms with E-state index in [4.69, 9.17) is 4.42 Å². The average molecular weight is 348 g/mol. The van der Waals surface area contributed by atoms with Crippen LogP contribution in [0.1, 0.15) is 23.7 Å². The molecule has 0 radical (unpaired) electrons. The molecule has 1 aromatic heterocycles. The van der Waals surface area contributed by atoms with Crippen LogP contribution < -0.4 is 5.43 Å². The third-order valence-corrected chi connectivity index (χ3v) is 4.49. The van der Waals surface area contributed by atoms with E-state index in [2.05, 4.69) is 10.5 Å². The normalized spacial score (nSPS) is 18.8. The molecule has 130 valence electrons. The molecule has 0 bridgehead atoms. The predicted molar refractivity (Wildman–Crippen MR) is 97.1 cm³/mol. The lowest BCUT2D eigenvalue weighted by molar-refractivity contribution is -0.122. The zero-order valence-corrected chi connectivity index (χ0v) is 13.9. The van der Waals surface area contributed by atoms with Gasteiger partial charge in [0, 0.05) is 5.92 Å². The summed E-state index contributed by atoms with van der Waals surface area (Å²) in [6, 6.07) is 19.7. The lowest BCUT2D eigenvalue weighted by Gasteiger charge is -1.99. The molecule has 0 spiro atoms. The Morgan fingerprint density at radius 3 is 2.65 bits per heavy atom. The molecular formula is C21H17FN2O2. The molecule has 4 rings (SSSR count). The SMILES string of the molecule is O=C(NN=Cc1ccc(-c2ccccc2F)o1)C1CC1c1ccccc1. The molecule has 2 unspecified atom stereocenters. The van der Waals surface area contributed by atoms with Gasteiger partial charge in [0.1, 0.15) is 17.3 Å². The highest BCUT2D eigenvalue weighted by molar-refractivity contribution is 5.85. The predicted octanol–water partition coefficient (Wildman–Crippen LogP) is 4.34. The van der Waals surface area contributed by atoms with Gasteiger partial charge in [0.05, 0.1) is 11.8 Å². The summed E-state index contributed by atoms with van der Waals surface area (Å²) in [7, 11) is 0. The summed E-state index contributed by atoms with van der Waals surface area (Å²) < 4.78 is 19.3.